The van der Waals surface area contributed by atoms with Crippen LogP contribution in [0.1, 0.15) is 17.9 Å². The van der Waals surface area contributed by atoms with Gasteiger partial charge >= 0.3 is 0 Å². The molecule has 0 aliphatic carbocycles. The van der Waals surface area contributed by atoms with Gasteiger partial charge in [-0.05, 0) is 6.07 Å². The Kier molecular flexibility index (Phi) is 5.87. The second kappa shape index (κ2) is 7.99. The Balaban J connectivity index is 1.93. The third kappa shape index (κ3) is 4.02. The first-order valence-corrected chi connectivity index (χ1v) is 9.55. The largest absolute Gasteiger partial charge is 0.497 e. The molecule has 6 nitrogen and oxygen atoms in total. The van der Waals surface area contributed by atoms with Gasteiger partial charge in [0, 0.05) is 48.2 Å². The highest BCUT2D eigenvalue weighted by atomic mass is 31.1. The molecule has 0 bridgehead atoms. The Morgan fingerprint density at radius 2 is 1.96 bits per heavy atom. The van der Waals surface area contributed by atoms with Crippen LogP contribution in [-0.4, -0.2) is 34.7 Å². The van der Waals surface area contributed by atoms with Crippen LogP contribution < -0.4 is 15.2 Å². The number of halogens is 2. The maximum absolute atomic E-state index is 14.4. The number of carbonyl (C=O) groups excluding carboxylic acids is 1. The lowest BCUT2D eigenvalue weighted by Gasteiger charge is -2.18. The van der Waals surface area contributed by atoms with Crippen LogP contribution in [0, 0.1) is 11.6 Å². The Hall–Kier alpha value is -1.91. The summed E-state index contributed by atoms with van der Waals surface area (Å²) in [5.74, 6) is -2.53. The van der Waals surface area contributed by atoms with Gasteiger partial charge in [-0.1, -0.05) is 0 Å². The second-order valence-corrected chi connectivity index (χ2v) is 8.76. The van der Waals surface area contributed by atoms with Gasteiger partial charge in [0.2, 0.25) is 5.91 Å². The highest BCUT2D eigenvalue weighted by Gasteiger charge is 2.36. The van der Waals surface area contributed by atoms with Crippen molar-refractivity contribution in [2.24, 2.45) is 0 Å². The highest BCUT2D eigenvalue weighted by Crippen LogP contribution is 2.35. The van der Waals surface area contributed by atoms with Crippen LogP contribution in [0.5, 0.6) is 5.75 Å². The summed E-state index contributed by atoms with van der Waals surface area (Å²) >= 11 is 0. The lowest BCUT2D eigenvalue weighted by molar-refractivity contribution is -0.117. The van der Waals surface area contributed by atoms with Gasteiger partial charge in [-0.3, -0.25) is 9.59 Å². The van der Waals surface area contributed by atoms with E-state index in [-0.39, 0.29) is 41.3 Å². The summed E-state index contributed by atoms with van der Waals surface area (Å²) in [7, 11) is 6.40. The lowest BCUT2D eigenvalue weighted by Crippen LogP contribution is -2.35. The van der Waals surface area contributed by atoms with Crippen LogP contribution in [0.3, 0.4) is 0 Å². The molecule has 1 fully saturated rings. The third-order valence-corrected chi connectivity index (χ3v) is 4.81. The van der Waals surface area contributed by atoms with E-state index in [1.807, 2.05) is 0 Å². The van der Waals surface area contributed by atoms with Crippen molar-refractivity contribution in [2.45, 2.75) is 24.3 Å². The predicted octanol–water partition coefficient (Wildman–Crippen LogP) is 2.13. The molecule has 0 radical (unpaired) electrons. The van der Waals surface area contributed by atoms with Crippen LogP contribution in [0.15, 0.2) is 29.2 Å². The number of aromatic nitrogens is 2. The van der Waals surface area contributed by atoms with Gasteiger partial charge in [-0.25, -0.2) is 13.5 Å². The van der Waals surface area contributed by atoms with Crippen molar-refractivity contribution in [3.63, 3.8) is 0 Å². The first kappa shape index (κ1) is 19.8. The van der Waals surface area contributed by atoms with Gasteiger partial charge in [0.15, 0.2) is 0 Å². The molecule has 3 atom stereocenters. The molecule has 3 rings (SSSR count). The van der Waals surface area contributed by atoms with Crippen molar-refractivity contribution in [2.75, 3.05) is 18.6 Å². The molecular weight excluding hydrogens is 394 g/mol. The number of benzene rings is 1. The molecule has 1 aromatic heterocycles. The van der Waals surface area contributed by atoms with E-state index in [0.29, 0.717) is 6.54 Å². The first-order valence-electron chi connectivity index (χ1n) is 8.22. The molecule has 0 saturated carbocycles. The normalized spacial score (nSPS) is 17.0. The number of anilines is 1. The van der Waals surface area contributed by atoms with Crippen LogP contribution in [0.25, 0.3) is 0 Å². The minimum Gasteiger partial charge on any atom is -0.497 e. The second-order valence-electron chi connectivity index (χ2n) is 6.28. The summed E-state index contributed by atoms with van der Waals surface area (Å²) in [6.45, 7) is 0.360. The van der Waals surface area contributed by atoms with Gasteiger partial charge in [-0.2, -0.15) is 5.10 Å². The molecule has 1 amide bonds. The molecule has 2 aromatic rings. The molecule has 144 valence electrons. The number of amides is 1. The average molecular weight is 413 g/mol. The van der Waals surface area contributed by atoms with E-state index in [9.17, 15) is 18.4 Å². The van der Waals surface area contributed by atoms with Crippen LogP contribution in [0.2, 0.25) is 0 Å². The van der Waals surface area contributed by atoms with Crippen LogP contribution >= 0.6 is 18.5 Å². The smallest absolute Gasteiger partial charge is 0.290 e. The van der Waals surface area contributed by atoms with E-state index in [4.69, 9.17) is 4.74 Å². The fourth-order valence-electron chi connectivity index (χ4n) is 3.18. The fraction of sp³-hybridized carbons (Fsp3) is 0.353. The molecule has 2 unspecified atom stereocenters. The van der Waals surface area contributed by atoms with Crippen molar-refractivity contribution in [3.8, 4) is 5.75 Å². The van der Waals surface area contributed by atoms with E-state index >= 15 is 0 Å². The molecule has 10 heteroatoms. The Morgan fingerprint density at radius 3 is 2.56 bits per heavy atom. The minimum absolute atomic E-state index is 0.0173. The van der Waals surface area contributed by atoms with Crippen molar-refractivity contribution in [1.29, 1.82) is 0 Å². The Bertz CT molecular complexity index is 913. The van der Waals surface area contributed by atoms with Gasteiger partial charge < -0.3 is 9.64 Å². The summed E-state index contributed by atoms with van der Waals surface area (Å²) in [6.07, 6.45) is 1.35. The maximum Gasteiger partial charge on any atom is 0.290 e. The van der Waals surface area contributed by atoms with E-state index < -0.39 is 23.1 Å². The van der Waals surface area contributed by atoms with Crippen molar-refractivity contribution in [3.05, 3.63) is 51.9 Å². The zero-order chi connectivity index (χ0) is 19.7. The number of nitrogens with zero attached hydrogens (tertiary/aromatic N) is 3. The van der Waals surface area contributed by atoms with Gasteiger partial charge in [-0.15, -0.1) is 18.5 Å². The predicted molar refractivity (Wildman–Crippen MR) is 104 cm³/mol. The first-order chi connectivity index (χ1) is 12.8. The quantitative estimate of drug-likeness (QED) is 0.705. The molecular formula is C17H19F2N3O3P2. The van der Waals surface area contributed by atoms with E-state index in [0.717, 1.165) is 12.1 Å². The monoisotopic (exact) mass is 413 g/mol. The maximum atomic E-state index is 14.4. The zero-order valence-electron chi connectivity index (χ0n) is 14.6. The number of carbonyl (C=O) groups is 1. The molecule has 27 heavy (non-hydrogen) atoms. The van der Waals surface area contributed by atoms with Crippen molar-refractivity contribution < 1.29 is 18.3 Å². The average Bonchev–Trinajstić information content (AvgIpc) is 2.96. The van der Waals surface area contributed by atoms with E-state index in [2.05, 4.69) is 23.6 Å². The van der Waals surface area contributed by atoms with Crippen molar-refractivity contribution >= 4 is 30.1 Å². The molecule has 1 aliphatic rings. The fourth-order valence-corrected chi connectivity index (χ4v) is 3.58. The van der Waals surface area contributed by atoms with Gasteiger partial charge in [0.25, 0.3) is 5.56 Å². The number of methoxy groups -OCH3 is 1. The lowest BCUT2D eigenvalue weighted by atomic mass is 9.97. The molecule has 1 aliphatic heterocycles. The number of rotatable bonds is 5. The van der Waals surface area contributed by atoms with Crippen LogP contribution in [0.4, 0.5) is 14.5 Å². The molecule has 1 aromatic carbocycles. The summed E-state index contributed by atoms with van der Waals surface area (Å²) in [5, 5.41) is 4.04. The van der Waals surface area contributed by atoms with Gasteiger partial charge in [0.1, 0.15) is 23.1 Å². The Labute approximate surface area is 159 Å². The number of hydrogen-bond donors (Lipinski definition) is 0. The zero-order valence-corrected chi connectivity index (χ0v) is 16.9. The summed E-state index contributed by atoms with van der Waals surface area (Å²) in [5.41, 5.74) is -0.435. The Morgan fingerprint density at radius 1 is 1.30 bits per heavy atom. The van der Waals surface area contributed by atoms with Crippen molar-refractivity contribution in [1.82, 2.24) is 9.78 Å². The molecule has 1 saturated heterocycles. The number of ether oxygens (including phenoxy) is 1. The number of hydrogen-bond acceptors (Lipinski definition) is 4. The highest BCUT2D eigenvalue weighted by molar-refractivity contribution is 7.37. The SMILES string of the molecule is COc1cc(F)c([C@H]2CC(=O)N(c3ccnn(CC(P)P)c3=O)C2)c(F)c1. The standard InChI is InChI=1S/C17H19F2N3O3P2/c1-25-10-5-11(18)16(12(19)6-10)9-4-14(23)21(7-9)13-2-3-20-22(17(13)24)8-15(26)27/h2-3,5-6,9,15H,4,7-8,26-27H2,1H3/t9-/m0/s1. The third-order valence-electron chi connectivity index (χ3n) is 4.39. The molecule has 0 N–H and O–H groups in total. The summed E-state index contributed by atoms with van der Waals surface area (Å²) in [6, 6.07) is 3.62. The van der Waals surface area contributed by atoms with E-state index in [1.165, 1.54) is 29.0 Å². The molecule has 2 heterocycles. The molecule has 0 spiro atoms. The topological polar surface area (TPSA) is 64.4 Å². The summed E-state index contributed by atoms with van der Waals surface area (Å²) in [4.78, 5) is 26.4. The van der Waals surface area contributed by atoms with E-state index in [1.54, 1.807) is 0 Å². The van der Waals surface area contributed by atoms with Crippen LogP contribution in [-0.2, 0) is 11.3 Å². The summed E-state index contributed by atoms with van der Waals surface area (Å²) < 4.78 is 34.8. The van der Waals surface area contributed by atoms with Gasteiger partial charge in [0.05, 0.1) is 13.7 Å². The minimum atomic E-state index is -0.771.